The number of aliphatic hydroxyl groups is 2. The molecule has 0 saturated heterocycles. The molecular formula is C10H11NO3. The summed E-state index contributed by atoms with van der Waals surface area (Å²) < 4.78 is 0. The van der Waals surface area contributed by atoms with Crippen molar-refractivity contribution in [2.75, 3.05) is 6.61 Å². The van der Waals surface area contributed by atoms with E-state index >= 15 is 0 Å². The highest BCUT2D eigenvalue weighted by Crippen LogP contribution is 2.14. The van der Waals surface area contributed by atoms with Crippen LogP contribution in [0.5, 0.6) is 0 Å². The first kappa shape index (κ1) is 10.6. The monoisotopic (exact) mass is 193 g/mol. The Morgan fingerprint density at radius 3 is 2.93 bits per heavy atom. The summed E-state index contributed by atoms with van der Waals surface area (Å²) in [6.45, 7) is -0.0735. The van der Waals surface area contributed by atoms with Crippen molar-refractivity contribution in [3.05, 3.63) is 35.4 Å². The fraction of sp³-hybridized carbons (Fsp3) is 0.300. The van der Waals surface area contributed by atoms with Crippen molar-refractivity contribution < 1.29 is 15.0 Å². The van der Waals surface area contributed by atoms with Crippen molar-refractivity contribution in [1.82, 2.24) is 0 Å². The Labute approximate surface area is 81.5 Å². The smallest absolute Gasteiger partial charge is 0.235 e. The van der Waals surface area contributed by atoms with Crippen LogP contribution < -0.4 is 0 Å². The van der Waals surface area contributed by atoms with Crippen LogP contribution in [0.1, 0.15) is 17.2 Å². The standard InChI is InChI=1S/C10H11NO3/c12-6-10(14)9-3-1-2-8(4-9)5-11-7-13/h1-4,10,12,14H,5-6H2. The van der Waals surface area contributed by atoms with Gasteiger partial charge in [-0.25, -0.2) is 9.79 Å². The maximum absolute atomic E-state index is 9.87. The number of aliphatic hydroxyl groups excluding tert-OH is 2. The molecule has 0 fully saturated rings. The lowest BCUT2D eigenvalue weighted by atomic mass is 10.1. The van der Waals surface area contributed by atoms with Crippen molar-refractivity contribution in [3.8, 4) is 0 Å². The van der Waals surface area contributed by atoms with E-state index in [1.165, 1.54) is 6.08 Å². The molecule has 1 atom stereocenters. The number of nitrogens with zero attached hydrogens (tertiary/aromatic N) is 1. The third-order valence-corrected chi connectivity index (χ3v) is 1.83. The quantitative estimate of drug-likeness (QED) is 0.542. The first-order chi connectivity index (χ1) is 6.77. The summed E-state index contributed by atoms with van der Waals surface area (Å²) in [4.78, 5) is 13.3. The van der Waals surface area contributed by atoms with Gasteiger partial charge in [-0.2, -0.15) is 0 Å². The van der Waals surface area contributed by atoms with Crippen LogP contribution in [0.2, 0.25) is 0 Å². The van der Waals surface area contributed by atoms with Crippen LogP contribution in [-0.2, 0) is 11.3 Å². The van der Waals surface area contributed by atoms with Crippen molar-refractivity contribution in [1.29, 1.82) is 0 Å². The first-order valence-corrected chi connectivity index (χ1v) is 4.19. The van der Waals surface area contributed by atoms with Crippen molar-refractivity contribution in [2.24, 2.45) is 4.99 Å². The molecule has 1 aromatic carbocycles. The van der Waals surface area contributed by atoms with Gasteiger partial charge < -0.3 is 10.2 Å². The summed E-state index contributed by atoms with van der Waals surface area (Å²) in [5, 5.41) is 18.0. The summed E-state index contributed by atoms with van der Waals surface area (Å²) in [7, 11) is 0. The molecular weight excluding hydrogens is 182 g/mol. The second kappa shape index (κ2) is 5.29. The average Bonchev–Trinajstić information content (AvgIpc) is 2.25. The Morgan fingerprint density at radius 2 is 2.29 bits per heavy atom. The van der Waals surface area contributed by atoms with Crippen LogP contribution in [-0.4, -0.2) is 22.9 Å². The van der Waals surface area contributed by atoms with E-state index in [2.05, 4.69) is 4.99 Å². The summed E-state index contributed by atoms with van der Waals surface area (Å²) in [6.07, 6.45) is 0.562. The highest BCUT2D eigenvalue weighted by Gasteiger charge is 2.05. The molecule has 14 heavy (non-hydrogen) atoms. The fourth-order valence-corrected chi connectivity index (χ4v) is 1.13. The lowest BCUT2D eigenvalue weighted by Gasteiger charge is -2.07. The Balaban J connectivity index is 2.83. The summed E-state index contributed by atoms with van der Waals surface area (Å²) in [5.74, 6) is 0. The van der Waals surface area contributed by atoms with E-state index in [9.17, 15) is 9.90 Å². The van der Waals surface area contributed by atoms with Gasteiger partial charge in [-0.15, -0.1) is 0 Å². The zero-order chi connectivity index (χ0) is 10.4. The lowest BCUT2D eigenvalue weighted by molar-refractivity contribution is 0.0955. The second-order valence-electron chi connectivity index (χ2n) is 2.85. The van der Waals surface area contributed by atoms with Gasteiger partial charge in [-0.1, -0.05) is 24.3 Å². The molecule has 4 heteroatoms. The van der Waals surface area contributed by atoms with E-state index in [1.54, 1.807) is 24.3 Å². The Kier molecular flexibility index (Phi) is 4.01. The van der Waals surface area contributed by atoms with Crippen LogP contribution in [0.4, 0.5) is 0 Å². The molecule has 4 nitrogen and oxygen atoms in total. The van der Waals surface area contributed by atoms with Gasteiger partial charge in [0.1, 0.15) is 6.10 Å². The van der Waals surface area contributed by atoms with Gasteiger partial charge in [0.2, 0.25) is 6.08 Å². The van der Waals surface area contributed by atoms with Crippen molar-refractivity contribution in [3.63, 3.8) is 0 Å². The molecule has 0 radical (unpaired) electrons. The second-order valence-corrected chi connectivity index (χ2v) is 2.85. The number of hydrogen-bond acceptors (Lipinski definition) is 4. The number of rotatable bonds is 4. The average molecular weight is 193 g/mol. The first-order valence-electron chi connectivity index (χ1n) is 4.19. The van der Waals surface area contributed by atoms with Gasteiger partial charge in [0.25, 0.3) is 0 Å². The summed E-state index contributed by atoms with van der Waals surface area (Å²) in [5.41, 5.74) is 1.42. The number of carbonyl (C=O) groups excluding carboxylic acids is 1. The fourth-order valence-electron chi connectivity index (χ4n) is 1.13. The molecule has 0 amide bonds. The number of aliphatic imine (C=N–C) groups is 1. The normalized spacial score (nSPS) is 11.9. The maximum atomic E-state index is 9.87. The highest BCUT2D eigenvalue weighted by atomic mass is 16.3. The molecule has 2 N–H and O–H groups in total. The molecule has 0 saturated carbocycles. The molecule has 0 bridgehead atoms. The molecule has 0 spiro atoms. The van der Waals surface area contributed by atoms with Gasteiger partial charge in [0.15, 0.2) is 0 Å². The maximum Gasteiger partial charge on any atom is 0.235 e. The molecule has 74 valence electrons. The van der Waals surface area contributed by atoms with Gasteiger partial charge in [-0.05, 0) is 11.1 Å². The molecule has 1 rings (SSSR count). The minimum atomic E-state index is -0.879. The molecule has 0 heterocycles. The SMILES string of the molecule is O=C=NCc1cccc(C(O)CO)c1. The minimum Gasteiger partial charge on any atom is -0.393 e. The van der Waals surface area contributed by atoms with Gasteiger partial charge in [-0.3, -0.25) is 0 Å². The van der Waals surface area contributed by atoms with E-state index in [1.807, 2.05) is 0 Å². The van der Waals surface area contributed by atoms with E-state index in [0.717, 1.165) is 5.56 Å². The molecule has 0 aromatic heterocycles. The third-order valence-electron chi connectivity index (χ3n) is 1.83. The zero-order valence-corrected chi connectivity index (χ0v) is 7.55. The van der Waals surface area contributed by atoms with Crippen LogP contribution in [0.25, 0.3) is 0 Å². The van der Waals surface area contributed by atoms with Crippen LogP contribution in [0.3, 0.4) is 0 Å². The van der Waals surface area contributed by atoms with Crippen LogP contribution in [0.15, 0.2) is 29.3 Å². The molecule has 1 unspecified atom stereocenters. The molecule has 0 aliphatic rings. The van der Waals surface area contributed by atoms with Gasteiger partial charge in [0, 0.05) is 0 Å². The largest absolute Gasteiger partial charge is 0.393 e. The molecule has 0 aliphatic carbocycles. The Morgan fingerprint density at radius 1 is 1.50 bits per heavy atom. The van der Waals surface area contributed by atoms with Gasteiger partial charge in [0.05, 0.1) is 13.2 Å². The molecule has 0 aliphatic heterocycles. The van der Waals surface area contributed by atoms with E-state index in [0.29, 0.717) is 5.56 Å². The topological polar surface area (TPSA) is 69.9 Å². The lowest BCUT2D eigenvalue weighted by Crippen LogP contribution is -2.02. The van der Waals surface area contributed by atoms with Crippen molar-refractivity contribution >= 4 is 6.08 Å². The van der Waals surface area contributed by atoms with E-state index in [-0.39, 0.29) is 13.2 Å². The molecule has 1 aromatic rings. The zero-order valence-electron chi connectivity index (χ0n) is 7.55. The van der Waals surface area contributed by atoms with E-state index < -0.39 is 6.10 Å². The number of benzene rings is 1. The Hall–Kier alpha value is -1.48. The van der Waals surface area contributed by atoms with Gasteiger partial charge >= 0.3 is 0 Å². The summed E-state index contributed by atoms with van der Waals surface area (Å²) >= 11 is 0. The van der Waals surface area contributed by atoms with Crippen molar-refractivity contribution in [2.45, 2.75) is 12.6 Å². The summed E-state index contributed by atoms with van der Waals surface area (Å²) in [6, 6.07) is 6.93. The third kappa shape index (κ3) is 2.78. The van der Waals surface area contributed by atoms with E-state index in [4.69, 9.17) is 5.11 Å². The predicted octanol–water partition coefficient (Wildman–Crippen LogP) is 0.548. The minimum absolute atomic E-state index is 0.246. The predicted molar refractivity (Wildman–Crippen MR) is 50.3 cm³/mol. The number of isocyanates is 1. The Bertz CT molecular complexity index is 345. The van der Waals surface area contributed by atoms with Crippen LogP contribution >= 0.6 is 0 Å². The highest BCUT2D eigenvalue weighted by molar-refractivity contribution is 5.34. The van der Waals surface area contributed by atoms with Crippen LogP contribution in [0, 0.1) is 0 Å². The number of hydrogen-bond donors (Lipinski definition) is 2.